The second-order valence-electron chi connectivity index (χ2n) is 4.12. The van der Waals surface area contributed by atoms with E-state index < -0.39 is 17.8 Å². The predicted molar refractivity (Wildman–Crippen MR) is 72.7 cm³/mol. The van der Waals surface area contributed by atoms with Gasteiger partial charge in [0.15, 0.2) is 0 Å². The zero-order chi connectivity index (χ0) is 15.1. The highest BCUT2D eigenvalue weighted by atomic mass is 35.5. The lowest BCUT2D eigenvalue weighted by Crippen LogP contribution is -2.38. The third-order valence-electron chi connectivity index (χ3n) is 2.59. The van der Waals surface area contributed by atoms with Crippen LogP contribution in [0, 0.1) is 5.82 Å². The Bertz CT molecular complexity index is 497. The van der Waals surface area contributed by atoms with E-state index in [0.29, 0.717) is 12.0 Å². The molecular weight excluding hydrogens is 287 g/mol. The molecule has 3 N–H and O–H groups in total. The Morgan fingerprint density at radius 2 is 2.05 bits per heavy atom. The van der Waals surface area contributed by atoms with Crippen LogP contribution in [-0.4, -0.2) is 30.0 Å². The number of nitrogens with one attached hydrogen (secondary N) is 2. The number of rotatable bonds is 6. The monoisotopic (exact) mass is 302 g/mol. The summed E-state index contributed by atoms with van der Waals surface area (Å²) in [6, 6.07) is 3.91. The highest BCUT2D eigenvalue weighted by Gasteiger charge is 2.12. The number of carbonyl (C=O) groups excluding carboxylic acids is 2. The second-order valence-corrected chi connectivity index (χ2v) is 4.53. The molecular formula is C13H16ClFN2O3. The summed E-state index contributed by atoms with van der Waals surface area (Å²) in [5.74, 6) is -1.30. The van der Waals surface area contributed by atoms with Crippen LogP contribution in [0.25, 0.3) is 0 Å². The van der Waals surface area contributed by atoms with Gasteiger partial charge in [0.05, 0.1) is 17.7 Å². The van der Waals surface area contributed by atoms with Gasteiger partial charge in [-0.05, 0) is 17.7 Å². The lowest BCUT2D eigenvalue weighted by molar-refractivity contribution is -0.126. The minimum absolute atomic E-state index is 0.0349. The Balaban J connectivity index is 2.42. The molecule has 0 fully saturated rings. The van der Waals surface area contributed by atoms with Crippen molar-refractivity contribution in [1.29, 1.82) is 0 Å². The van der Waals surface area contributed by atoms with E-state index in [-0.39, 0.29) is 24.0 Å². The van der Waals surface area contributed by atoms with Crippen molar-refractivity contribution < 1.29 is 19.1 Å². The topological polar surface area (TPSA) is 78.4 Å². The first-order chi connectivity index (χ1) is 9.43. The van der Waals surface area contributed by atoms with Crippen LogP contribution >= 0.6 is 11.6 Å². The largest absolute Gasteiger partial charge is 0.387 e. The predicted octanol–water partition coefficient (Wildman–Crippen LogP) is 1.15. The standard InChI is InChI=1S/C13H16ClFN2O3/c1-2-12(19)17-7-13(20)16-6-11(18)8-3-4-9(14)10(15)5-8/h3-5,11,18H,2,6-7H2,1H3,(H,16,20)(H,17,19). The molecule has 0 spiro atoms. The molecule has 110 valence electrons. The van der Waals surface area contributed by atoms with E-state index in [2.05, 4.69) is 10.6 Å². The van der Waals surface area contributed by atoms with Crippen LogP contribution in [-0.2, 0) is 9.59 Å². The summed E-state index contributed by atoms with van der Waals surface area (Å²) in [5, 5.41) is 14.6. The number of benzene rings is 1. The van der Waals surface area contributed by atoms with Crippen LogP contribution in [0.15, 0.2) is 18.2 Å². The smallest absolute Gasteiger partial charge is 0.239 e. The van der Waals surface area contributed by atoms with Gasteiger partial charge in [0.2, 0.25) is 11.8 Å². The molecule has 1 aromatic carbocycles. The fourth-order valence-corrected chi connectivity index (χ4v) is 1.53. The fraction of sp³-hybridized carbons (Fsp3) is 0.385. The first-order valence-electron chi connectivity index (χ1n) is 6.10. The van der Waals surface area contributed by atoms with Gasteiger partial charge in [-0.15, -0.1) is 0 Å². The van der Waals surface area contributed by atoms with Gasteiger partial charge in [0.25, 0.3) is 0 Å². The molecule has 0 saturated heterocycles. The van der Waals surface area contributed by atoms with Crippen LogP contribution in [0.2, 0.25) is 5.02 Å². The molecule has 0 radical (unpaired) electrons. The lowest BCUT2D eigenvalue weighted by Gasteiger charge is -2.13. The molecule has 5 nitrogen and oxygen atoms in total. The van der Waals surface area contributed by atoms with Gasteiger partial charge >= 0.3 is 0 Å². The average molecular weight is 303 g/mol. The summed E-state index contributed by atoms with van der Waals surface area (Å²) >= 11 is 5.53. The van der Waals surface area contributed by atoms with Crippen molar-refractivity contribution in [2.24, 2.45) is 0 Å². The second kappa shape index (κ2) is 7.81. The molecule has 0 saturated carbocycles. The number of aliphatic hydroxyl groups is 1. The molecule has 0 aromatic heterocycles. The molecule has 1 aromatic rings. The van der Waals surface area contributed by atoms with Crippen molar-refractivity contribution >= 4 is 23.4 Å². The molecule has 0 bridgehead atoms. The van der Waals surface area contributed by atoms with Crippen LogP contribution in [0.1, 0.15) is 25.0 Å². The van der Waals surface area contributed by atoms with E-state index in [9.17, 15) is 19.1 Å². The van der Waals surface area contributed by atoms with Crippen molar-refractivity contribution in [2.75, 3.05) is 13.1 Å². The molecule has 1 atom stereocenters. The maximum atomic E-state index is 13.2. The van der Waals surface area contributed by atoms with E-state index in [1.807, 2.05) is 0 Å². The van der Waals surface area contributed by atoms with Gasteiger partial charge in [-0.3, -0.25) is 9.59 Å². The van der Waals surface area contributed by atoms with E-state index >= 15 is 0 Å². The molecule has 2 amide bonds. The Kier molecular flexibility index (Phi) is 6.41. The Morgan fingerprint density at radius 1 is 1.35 bits per heavy atom. The highest BCUT2D eigenvalue weighted by molar-refractivity contribution is 6.30. The fourth-order valence-electron chi connectivity index (χ4n) is 1.41. The van der Waals surface area contributed by atoms with Crippen molar-refractivity contribution in [3.8, 4) is 0 Å². The molecule has 1 rings (SSSR count). The summed E-state index contributed by atoms with van der Waals surface area (Å²) in [5.41, 5.74) is 0.310. The van der Waals surface area contributed by atoms with Crippen molar-refractivity contribution in [2.45, 2.75) is 19.4 Å². The van der Waals surface area contributed by atoms with E-state index in [0.717, 1.165) is 6.07 Å². The molecule has 20 heavy (non-hydrogen) atoms. The highest BCUT2D eigenvalue weighted by Crippen LogP contribution is 2.19. The zero-order valence-electron chi connectivity index (χ0n) is 11.0. The van der Waals surface area contributed by atoms with Crippen molar-refractivity contribution in [3.63, 3.8) is 0 Å². The maximum Gasteiger partial charge on any atom is 0.239 e. The summed E-state index contributed by atoms with van der Waals surface area (Å²) < 4.78 is 13.2. The maximum absolute atomic E-state index is 13.2. The van der Waals surface area contributed by atoms with Crippen LogP contribution in [0.3, 0.4) is 0 Å². The van der Waals surface area contributed by atoms with Gasteiger partial charge in [-0.2, -0.15) is 0 Å². The van der Waals surface area contributed by atoms with Crippen molar-refractivity contribution in [1.82, 2.24) is 10.6 Å². The number of hydrogen-bond donors (Lipinski definition) is 3. The van der Waals surface area contributed by atoms with Gasteiger partial charge in [-0.1, -0.05) is 24.6 Å². The van der Waals surface area contributed by atoms with Crippen LogP contribution < -0.4 is 10.6 Å². The summed E-state index contributed by atoms with van der Waals surface area (Å²) in [7, 11) is 0. The quantitative estimate of drug-likeness (QED) is 0.738. The molecule has 0 aliphatic carbocycles. The minimum atomic E-state index is -1.05. The Hall–Kier alpha value is -1.66. The normalized spacial score (nSPS) is 11.8. The average Bonchev–Trinajstić information content (AvgIpc) is 2.44. The first-order valence-corrected chi connectivity index (χ1v) is 6.48. The number of hydrogen-bond acceptors (Lipinski definition) is 3. The Labute approximate surface area is 121 Å². The van der Waals surface area contributed by atoms with Gasteiger partial charge in [-0.25, -0.2) is 4.39 Å². The number of carbonyl (C=O) groups is 2. The number of amides is 2. The summed E-state index contributed by atoms with van der Waals surface area (Å²) in [6.07, 6.45) is -0.757. The first kappa shape index (κ1) is 16.4. The molecule has 0 aliphatic rings. The van der Waals surface area contributed by atoms with Crippen LogP contribution in [0.5, 0.6) is 0 Å². The SMILES string of the molecule is CCC(=O)NCC(=O)NCC(O)c1ccc(Cl)c(F)c1. The number of halogens is 2. The van der Waals surface area contributed by atoms with Gasteiger partial charge in [0.1, 0.15) is 5.82 Å². The lowest BCUT2D eigenvalue weighted by atomic mass is 10.1. The van der Waals surface area contributed by atoms with Crippen LogP contribution in [0.4, 0.5) is 4.39 Å². The Morgan fingerprint density at radius 3 is 2.65 bits per heavy atom. The van der Waals surface area contributed by atoms with Gasteiger partial charge in [0, 0.05) is 13.0 Å². The zero-order valence-corrected chi connectivity index (χ0v) is 11.7. The molecule has 1 unspecified atom stereocenters. The van der Waals surface area contributed by atoms with E-state index in [1.54, 1.807) is 6.92 Å². The third-order valence-corrected chi connectivity index (χ3v) is 2.89. The van der Waals surface area contributed by atoms with Crippen molar-refractivity contribution in [3.05, 3.63) is 34.6 Å². The molecule has 7 heteroatoms. The third kappa shape index (κ3) is 5.14. The summed E-state index contributed by atoms with van der Waals surface area (Å²) in [6.45, 7) is 1.43. The minimum Gasteiger partial charge on any atom is -0.387 e. The number of aliphatic hydroxyl groups excluding tert-OH is 1. The summed E-state index contributed by atoms with van der Waals surface area (Å²) in [4.78, 5) is 22.3. The van der Waals surface area contributed by atoms with E-state index in [4.69, 9.17) is 11.6 Å². The molecule has 0 heterocycles. The van der Waals surface area contributed by atoms with Gasteiger partial charge < -0.3 is 15.7 Å². The van der Waals surface area contributed by atoms with E-state index in [1.165, 1.54) is 12.1 Å². The molecule has 0 aliphatic heterocycles.